The molecule has 2 atom stereocenters. The molecule has 1 saturated carbocycles. The highest BCUT2D eigenvalue weighted by atomic mass is 14.9. The molecule has 0 saturated heterocycles. The lowest BCUT2D eigenvalue weighted by Crippen LogP contribution is -2.36. The van der Waals surface area contributed by atoms with Crippen molar-refractivity contribution < 1.29 is 0 Å². The van der Waals surface area contributed by atoms with Gasteiger partial charge in [0.05, 0.1) is 0 Å². The molecule has 0 bridgehead atoms. The van der Waals surface area contributed by atoms with Crippen LogP contribution in [0.25, 0.3) is 0 Å². The van der Waals surface area contributed by atoms with Gasteiger partial charge in [0.15, 0.2) is 0 Å². The van der Waals surface area contributed by atoms with Crippen molar-refractivity contribution in [3.8, 4) is 0 Å². The highest BCUT2D eigenvalue weighted by Crippen LogP contribution is 2.22. The molecule has 0 amide bonds. The Morgan fingerprint density at radius 1 is 1.15 bits per heavy atom. The summed E-state index contributed by atoms with van der Waals surface area (Å²) in [6, 6.07) is 0.796. The predicted octanol–water partition coefficient (Wildman–Crippen LogP) is 3.20. The monoisotopic (exact) mass is 183 g/mol. The third-order valence-corrected chi connectivity index (χ3v) is 3.15. The van der Waals surface area contributed by atoms with Gasteiger partial charge in [-0.25, -0.2) is 0 Å². The first kappa shape index (κ1) is 11.0. The van der Waals surface area contributed by atoms with Gasteiger partial charge < -0.3 is 5.32 Å². The number of hydrogen-bond donors (Lipinski definition) is 1. The van der Waals surface area contributed by atoms with Crippen LogP contribution in [0, 0.1) is 11.8 Å². The van der Waals surface area contributed by atoms with E-state index in [-0.39, 0.29) is 0 Å². The van der Waals surface area contributed by atoms with Gasteiger partial charge in [-0.3, -0.25) is 0 Å². The molecule has 0 aliphatic heterocycles. The zero-order valence-electron chi connectivity index (χ0n) is 9.47. The molecule has 13 heavy (non-hydrogen) atoms. The van der Waals surface area contributed by atoms with Crippen molar-refractivity contribution in [3.63, 3.8) is 0 Å². The van der Waals surface area contributed by atoms with Gasteiger partial charge >= 0.3 is 0 Å². The highest BCUT2D eigenvalue weighted by Gasteiger charge is 2.18. The Balaban J connectivity index is 2.27. The zero-order chi connectivity index (χ0) is 9.68. The van der Waals surface area contributed by atoms with Gasteiger partial charge in [0.25, 0.3) is 0 Å². The van der Waals surface area contributed by atoms with E-state index in [1.807, 2.05) is 0 Å². The van der Waals surface area contributed by atoms with E-state index in [2.05, 4.69) is 26.1 Å². The first-order chi connectivity index (χ1) is 6.20. The molecule has 0 aromatic rings. The average Bonchev–Trinajstić information content (AvgIpc) is 2.27. The molecule has 1 aliphatic carbocycles. The Bertz CT molecular complexity index is 131. The van der Waals surface area contributed by atoms with Crippen LogP contribution >= 0.6 is 0 Å². The average molecular weight is 183 g/mol. The lowest BCUT2D eigenvalue weighted by Gasteiger charge is -2.23. The van der Waals surface area contributed by atoms with Crippen LogP contribution in [-0.4, -0.2) is 12.6 Å². The molecule has 1 N–H and O–H groups in total. The Morgan fingerprint density at radius 3 is 2.54 bits per heavy atom. The van der Waals surface area contributed by atoms with Crippen LogP contribution in [-0.2, 0) is 0 Å². The van der Waals surface area contributed by atoms with Crippen molar-refractivity contribution in [2.24, 2.45) is 11.8 Å². The Morgan fingerprint density at radius 2 is 1.85 bits per heavy atom. The van der Waals surface area contributed by atoms with Gasteiger partial charge in [-0.05, 0) is 31.2 Å². The van der Waals surface area contributed by atoms with Crippen molar-refractivity contribution in [1.29, 1.82) is 0 Å². The second kappa shape index (κ2) is 5.64. The summed E-state index contributed by atoms with van der Waals surface area (Å²) in [5.41, 5.74) is 0. The molecular weight excluding hydrogens is 158 g/mol. The molecule has 0 aromatic carbocycles. The molecule has 1 aliphatic rings. The van der Waals surface area contributed by atoms with E-state index in [0.29, 0.717) is 0 Å². The van der Waals surface area contributed by atoms with Gasteiger partial charge in [0.1, 0.15) is 0 Å². The Kier molecular flexibility index (Phi) is 4.79. The molecule has 2 unspecified atom stereocenters. The summed E-state index contributed by atoms with van der Waals surface area (Å²) in [6.07, 6.45) is 7.15. The summed E-state index contributed by atoms with van der Waals surface area (Å²) < 4.78 is 0. The summed E-state index contributed by atoms with van der Waals surface area (Å²) in [5.74, 6) is 1.68. The van der Waals surface area contributed by atoms with Gasteiger partial charge in [-0.2, -0.15) is 0 Å². The molecule has 1 rings (SSSR count). The lowest BCUT2D eigenvalue weighted by molar-refractivity contribution is 0.342. The Labute approximate surface area is 83.3 Å². The summed E-state index contributed by atoms with van der Waals surface area (Å²) in [5, 5.41) is 3.71. The highest BCUT2D eigenvalue weighted by molar-refractivity contribution is 4.76. The van der Waals surface area contributed by atoms with E-state index in [1.54, 1.807) is 0 Å². The maximum atomic E-state index is 3.71. The van der Waals surface area contributed by atoms with Crippen LogP contribution in [0.3, 0.4) is 0 Å². The van der Waals surface area contributed by atoms with Crippen molar-refractivity contribution in [3.05, 3.63) is 0 Å². The van der Waals surface area contributed by atoms with E-state index in [4.69, 9.17) is 0 Å². The van der Waals surface area contributed by atoms with E-state index in [1.165, 1.54) is 38.6 Å². The normalized spacial score (nSPS) is 30.5. The fourth-order valence-electron chi connectivity index (χ4n) is 2.18. The minimum absolute atomic E-state index is 0.787. The zero-order valence-corrected chi connectivity index (χ0v) is 9.47. The fourth-order valence-corrected chi connectivity index (χ4v) is 2.18. The molecule has 0 aromatic heterocycles. The molecular formula is C12H25N. The second-order valence-corrected chi connectivity index (χ2v) is 5.02. The molecule has 1 nitrogen and oxygen atoms in total. The third kappa shape index (κ3) is 4.12. The van der Waals surface area contributed by atoms with Crippen LogP contribution in [0.5, 0.6) is 0 Å². The van der Waals surface area contributed by atoms with Gasteiger partial charge in [-0.1, -0.05) is 40.0 Å². The van der Waals surface area contributed by atoms with Crippen LogP contribution < -0.4 is 5.32 Å². The quantitative estimate of drug-likeness (QED) is 0.663. The molecule has 78 valence electrons. The van der Waals surface area contributed by atoms with E-state index < -0.39 is 0 Å². The first-order valence-corrected chi connectivity index (χ1v) is 5.93. The fraction of sp³-hybridized carbons (Fsp3) is 1.00. The van der Waals surface area contributed by atoms with Crippen LogP contribution in [0.15, 0.2) is 0 Å². The molecule has 1 fully saturated rings. The number of nitrogens with one attached hydrogen (secondary N) is 1. The minimum atomic E-state index is 0.787. The lowest BCUT2D eigenvalue weighted by atomic mass is 9.96. The van der Waals surface area contributed by atoms with Crippen molar-refractivity contribution >= 4 is 0 Å². The molecule has 1 heteroatoms. The second-order valence-electron chi connectivity index (χ2n) is 5.02. The summed E-state index contributed by atoms with van der Waals surface area (Å²) in [6.45, 7) is 8.17. The topological polar surface area (TPSA) is 12.0 Å². The predicted molar refractivity (Wildman–Crippen MR) is 58.9 cm³/mol. The molecule has 0 radical (unpaired) electrons. The smallest absolute Gasteiger partial charge is 0.00928 e. The van der Waals surface area contributed by atoms with Gasteiger partial charge in [-0.15, -0.1) is 0 Å². The molecule has 0 spiro atoms. The first-order valence-electron chi connectivity index (χ1n) is 5.93. The van der Waals surface area contributed by atoms with E-state index >= 15 is 0 Å². The largest absolute Gasteiger partial charge is 0.313 e. The van der Waals surface area contributed by atoms with Crippen LogP contribution in [0.1, 0.15) is 52.9 Å². The maximum absolute atomic E-state index is 3.71. The summed E-state index contributed by atoms with van der Waals surface area (Å²) >= 11 is 0. The van der Waals surface area contributed by atoms with E-state index in [9.17, 15) is 0 Å². The van der Waals surface area contributed by atoms with Crippen LogP contribution in [0.4, 0.5) is 0 Å². The number of rotatable bonds is 3. The van der Waals surface area contributed by atoms with Gasteiger partial charge in [0.2, 0.25) is 0 Å². The van der Waals surface area contributed by atoms with Crippen molar-refractivity contribution in [2.75, 3.05) is 6.54 Å². The standard InChI is InChI=1S/C12H25N/c1-10(2)9-13-12-8-6-4-5-7-11(12)3/h10-13H,4-9H2,1-3H3. The van der Waals surface area contributed by atoms with Crippen molar-refractivity contribution in [1.82, 2.24) is 5.32 Å². The number of hydrogen-bond acceptors (Lipinski definition) is 1. The molecule has 0 heterocycles. The minimum Gasteiger partial charge on any atom is -0.313 e. The maximum Gasteiger partial charge on any atom is 0.00928 e. The van der Waals surface area contributed by atoms with E-state index in [0.717, 1.165) is 17.9 Å². The summed E-state index contributed by atoms with van der Waals surface area (Å²) in [7, 11) is 0. The van der Waals surface area contributed by atoms with Gasteiger partial charge in [0, 0.05) is 6.04 Å². The SMILES string of the molecule is CC(C)CNC1CCCCCC1C. The van der Waals surface area contributed by atoms with Crippen molar-refractivity contribution in [2.45, 2.75) is 58.9 Å². The van der Waals surface area contributed by atoms with Crippen LogP contribution in [0.2, 0.25) is 0 Å². The third-order valence-electron chi connectivity index (χ3n) is 3.15. The Hall–Kier alpha value is -0.0400. The summed E-state index contributed by atoms with van der Waals surface area (Å²) in [4.78, 5) is 0.